The van der Waals surface area contributed by atoms with Crippen molar-refractivity contribution in [3.8, 4) is 0 Å². The second-order valence-corrected chi connectivity index (χ2v) is 8.78. The van der Waals surface area contributed by atoms with Crippen molar-refractivity contribution in [2.75, 3.05) is 19.8 Å². The van der Waals surface area contributed by atoms with Gasteiger partial charge in [0.25, 0.3) is 5.91 Å². The third-order valence-electron chi connectivity index (χ3n) is 5.75. The molecule has 1 amide bonds. The number of nitrogens with one attached hydrogen (secondary N) is 1. The molecule has 2 aromatic rings. The van der Waals surface area contributed by atoms with Gasteiger partial charge in [0, 0.05) is 36.3 Å². The molecule has 1 aromatic heterocycles. The van der Waals surface area contributed by atoms with E-state index in [-0.39, 0.29) is 24.3 Å². The molecule has 1 aliphatic heterocycles. The van der Waals surface area contributed by atoms with Crippen molar-refractivity contribution >= 4 is 27.3 Å². The lowest BCUT2D eigenvalue weighted by Gasteiger charge is -2.36. The number of ether oxygens (including phenoxy) is 2. The molecule has 1 saturated carbocycles. The van der Waals surface area contributed by atoms with Gasteiger partial charge in [0.2, 0.25) is 6.29 Å². The van der Waals surface area contributed by atoms with Crippen molar-refractivity contribution in [2.45, 2.75) is 44.8 Å². The van der Waals surface area contributed by atoms with Gasteiger partial charge in [-0.25, -0.2) is 0 Å². The van der Waals surface area contributed by atoms with Crippen molar-refractivity contribution < 1.29 is 19.4 Å². The molecule has 0 unspecified atom stereocenters. The lowest BCUT2D eigenvalue weighted by Crippen LogP contribution is -2.39. The number of thiophene rings is 1. The Morgan fingerprint density at radius 2 is 2.17 bits per heavy atom. The minimum absolute atomic E-state index is 0.00433. The number of hydrogen-bond acceptors (Lipinski definition) is 5. The van der Waals surface area contributed by atoms with E-state index in [0.717, 1.165) is 6.42 Å². The summed E-state index contributed by atoms with van der Waals surface area (Å²) in [6.07, 6.45) is 5.29. The van der Waals surface area contributed by atoms with Crippen LogP contribution in [0.4, 0.5) is 0 Å². The van der Waals surface area contributed by atoms with Crippen LogP contribution in [0.25, 0.3) is 10.1 Å². The highest BCUT2D eigenvalue weighted by molar-refractivity contribution is 7.17. The Balaban J connectivity index is 1.68. The number of hydrogen-bond donors (Lipinski definition) is 2. The lowest BCUT2D eigenvalue weighted by atomic mass is 9.80. The van der Waals surface area contributed by atoms with Crippen LogP contribution in [0.1, 0.15) is 44.1 Å². The summed E-state index contributed by atoms with van der Waals surface area (Å²) in [5, 5.41) is 15.8. The zero-order valence-electron chi connectivity index (χ0n) is 16.8. The van der Waals surface area contributed by atoms with Gasteiger partial charge < -0.3 is 19.9 Å². The summed E-state index contributed by atoms with van der Waals surface area (Å²) in [6, 6.07) is 8.35. The number of fused-ring (bicyclic) bond motifs is 1. The Bertz CT molecular complexity index is 873. The van der Waals surface area contributed by atoms with Gasteiger partial charge in [-0.15, -0.1) is 11.3 Å². The summed E-state index contributed by atoms with van der Waals surface area (Å²) in [6.45, 7) is 3.28. The SMILES string of the molecule is CCO[C@H]1OC(C(=O)NCC2CC2)=C[C@@H](c2csc3ccccc23)[C@H]1CCCO. The van der Waals surface area contributed by atoms with Gasteiger partial charge in [0.1, 0.15) is 0 Å². The molecule has 0 radical (unpaired) electrons. The molecule has 0 bridgehead atoms. The van der Waals surface area contributed by atoms with E-state index in [1.165, 1.54) is 28.5 Å². The molecular weight excluding hydrogens is 386 g/mol. The summed E-state index contributed by atoms with van der Waals surface area (Å²) in [5.74, 6) is 0.848. The van der Waals surface area contributed by atoms with Crippen LogP contribution in [-0.4, -0.2) is 37.1 Å². The number of amides is 1. The summed E-state index contributed by atoms with van der Waals surface area (Å²) >= 11 is 1.72. The van der Waals surface area contributed by atoms with Crippen molar-refractivity contribution in [1.29, 1.82) is 0 Å². The molecular formula is C23H29NO4S. The first-order chi connectivity index (χ1) is 14.2. The molecule has 4 rings (SSSR count). The van der Waals surface area contributed by atoms with Crippen LogP contribution >= 0.6 is 11.3 Å². The minimum Gasteiger partial charge on any atom is -0.459 e. The van der Waals surface area contributed by atoms with Gasteiger partial charge in [-0.2, -0.15) is 0 Å². The second kappa shape index (κ2) is 9.28. The predicted octanol–water partition coefficient (Wildman–Crippen LogP) is 4.18. The third kappa shape index (κ3) is 4.65. The number of carbonyl (C=O) groups is 1. The molecule has 29 heavy (non-hydrogen) atoms. The maximum atomic E-state index is 12.8. The Morgan fingerprint density at radius 1 is 1.34 bits per heavy atom. The molecule has 156 valence electrons. The molecule has 2 aliphatic rings. The maximum Gasteiger partial charge on any atom is 0.286 e. The molecule has 1 aliphatic carbocycles. The number of carbonyl (C=O) groups excluding carboxylic acids is 1. The molecule has 0 saturated heterocycles. The Morgan fingerprint density at radius 3 is 2.93 bits per heavy atom. The molecule has 3 atom stereocenters. The highest BCUT2D eigenvalue weighted by atomic mass is 32.1. The quantitative estimate of drug-likeness (QED) is 0.645. The number of aliphatic hydroxyl groups is 1. The van der Waals surface area contributed by atoms with Crippen molar-refractivity contribution in [3.63, 3.8) is 0 Å². The van der Waals surface area contributed by atoms with Gasteiger partial charge in [-0.1, -0.05) is 18.2 Å². The first-order valence-electron chi connectivity index (χ1n) is 10.6. The molecule has 1 aromatic carbocycles. The summed E-state index contributed by atoms with van der Waals surface area (Å²) in [5.41, 5.74) is 1.20. The zero-order chi connectivity index (χ0) is 20.2. The molecule has 2 heterocycles. The highest BCUT2D eigenvalue weighted by Crippen LogP contribution is 2.43. The summed E-state index contributed by atoms with van der Waals surface area (Å²) in [7, 11) is 0. The smallest absolute Gasteiger partial charge is 0.286 e. The normalized spacial score (nSPS) is 24.2. The number of rotatable bonds is 9. The standard InChI is InChI=1S/C23H29NO4S/c1-2-27-23-17(7-5-11-25)18(19-14-29-21-8-4-3-6-16(19)21)12-20(28-23)22(26)24-13-15-9-10-15/h3-4,6,8,12,14-15,17-18,23,25H,2,5,7,9-11,13H2,1H3,(H,24,26)/t17-,18-,23+/m1/s1. The molecule has 1 fully saturated rings. The predicted molar refractivity (Wildman–Crippen MR) is 115 cm³/mol. The van der Waals surface area contributed by atoms with Crippen LogP contribution in [0.5, 0.6) is 0 Å². The molecule has 6 heteroatoms. The number of allylic oxidation sites excluding steroid dienone is 1. The topological polar surface area (TPSA) is 67.8 Å². The van der Waals surface area contributed by atoms with Crippen LogP contribution in [0, 0.1) is 11.8 Å². The first kappa shape index (κ1) is 20.4. The number of aliphatic hydroxyl groups excluding tert-OH is 1. The van der Waals surface area contributed by atoms with Crippen molar-refractivity contribution in [1.82, 2.24) is 5.32 Å². The fourth-order valence-electron chi connectivity index (χ4n) is 4.02. The first-order valence-corrected chi connectivity index (χ1v) is 11.4. The van der Waals surface area contributed by atoms with Gasteiger partial charge in [-0.05, 0) is 67.0 Å². The van der Waals surface area contributed by atoms with Crippen molar-refractivity contribution in [2.24, 2.45) is 11.8 Å². The molecule has 5 nitrogen and oxygen atoms in total. The van der Waals surface area contributed by atoms with E-state index in [4.69, 9.17) is 9.47 Å². The number of benzene rings is 1. The fraction of sp³-hybridized carbons (Fsp3) is 0.522. The minimum atomic E-state index is -0.498. The maximum absolute atomic E-state index is 12.8. The highest BCUT2D eigenvalue weighted by Gasteiger charge is 2.38. The lowest BCUT2D eigenvalue weighted by molar-refractivity contribution is -0.166. The van der Waals surface area contributed by atoms with Crippen molar-refractivity contribution in [3.05, 3.63) is 47.0 Å². The van der Waals surface area contributed by atoms with Crippen LogP contribution < -0.4 is 5.32 Å². The van der Waals surface area contributed by atoms with Gasteiger partial charge in [0.15, 0.2) is 5.76 Å². The van der Waals surface area contributed by atoms with Crippen LogP contribution in [0.2, 0.25) is 0 Å². The molecule has 2 N–H and O–H groups in total. The van der Waals surface area contributed by atoms with E-state index in [2.05, 4.69) is 22.8 Å². The molecule has 0 spiro atoms. The van der Waals surface area contributed by atoms with Gasteiger partial charge in [0.05, 0.1) is 0 Å². The van der Waals surface area contributed by atoms with E-state index in [0.29, 0.717) is 31.2 Å². The van der Waals surface area contributed by atoms with E-state index in [9.17, 15) is 9.90 Å². The van der Waals surface area contributed by atoms with Crippen LogP contribution in [0.3, 0.4) is 0 Å². The average Bonchev–Trinajstić information content (AvgIpc) is 3.48. The summed E-state index contributed by atoms with van der Waals surface area (Å²) < 4.78 is 13.2. The van der Waals surface area contributed by atoms with Gasteiger partial charge in [-0.3, -0.25) is 4.79 Å². The average molecular weight is 416 g/mol. The fourth-order valence-corrected chi connectivity index (χ4v) is 5.03. The Hall–Kier alpha value is -1.89. The third-order valence-corrected chi connectivity index (χ3v) is 6.74. The van der Waals surface area contributed by atoms with E-state index < -0.39 is 6.29 Å². The van der Waals surface area contributed by atoms with Crippen LogP contribution in [-0.2, 0) is 14.3 Å². The largest absolute Gasteiger partial charge is 0.459 e. The zero-order valence-corrected chi connectivity index (χ0v) is 17.6. The Kier molecular flexibility index (Phi) is 6.53. The van der Waals surface area contributed by atoms with Crippen LogP contribution in [0.15, 0.2) is 41.5 Å². The monoisotopic (exact) mass is 415 g/mol. The summed E-state index contributed by atoms with van der Waals surface area (Å²) in [4.78, 5) is 12.8. The second-order valence-electron chi connectivity index (χ2n) is 7.87. The van der Waals surface area contributed by atoms with E-state index in [1.54, 1.807) is 11.3 Å². The van der Waals surface area contributed by atoms with Gasteiger partial charge >= 0.3 is 0 Å². The van der Waals surface area contributed by atoms with E-state index >= 15 is 0 Å². The Labute approximate surface area is 175 Å². The van der Waals surface area contributed by atoms with E-state index in [1.807, 2.05) is 25.1 Å².